The Morgan fingerprint density at radius 1 is 0.970 bits per heavy atom. The van der Waals surface area contributed by atoms with Crippen LogP contribution in [0, 0.1) is 23.6 Å². The van der Waals surface area contributed by atoms with Gasteiger partial charge in [0.1, 0.15) is 11.6 Å². The van der Waals surface area contributed by atoms with Gasteiger partial charge in [-0.3, -0.25) is 0 Å². The Bertz CT molecular complexity index is 967. The van der Waals surface area contributed by atoms with E-state index in [1.54, 1.807) is 12.1 Å². The quantitative estimate of drug-likeness (QED) is 0.254. The third-order valence-electron chi connectivity index (χ3n) is 7.49. The van der Waals surface area contributed by atoms with Gasteiger partial charge in [-0.05, 0) is 97.7 Å². The summed E-state index contributed by atoms with van der Waals surface area (Å²) in [7, 11) is 0. The van der Waals surface area contributed by atoms with Gasteiger partial charge >= 0.3 is 12.1 Å². The topological polar surface area (TPSA) is 26.3 Å². The molecule has 33 heavy (non-hydrogen) atoms. The maximum atomic E-state index is 15.0. The highest BCUT2D eigenvalue weighted by atomic mass is 19.4. The fourth-order valence-electron chi connectivity index (χ4n) is 5.80. The SMILES string of the molecule is CCCC1CCC2CC(c3ccc(C(=O)Oc4ccc(C(F)(F)F)cc4)cc3F)CCC2C1. The zero-order valence-corrected chi connectivity index (χ0v) is 18.8. The number of fused-ring (bicyclic) bond motifs is 1. The van der Waals surface area contributed by atoms with Crippen molar-refractivity contribution in [3.05, 3.63) is 65.0 Å². The fourth-order valence-corrected chi connectivity index (χ4v) is 5.80. The first-order valence-corrected chi connectivity index (χ1v) is 11.9. The Morgan fingerprint density at radius 2 is 1.67 bits per heavy atom. The van der Waals surface area contributed by atoms with Crippen LogP contribution in [0.5, 0.6) is 5.75 Å². The van der Waals surface area contributed by atoms with Crippen LogP contribution >= 0.6 is 0 Å². The van der Waals surface area contributed by atoms with E-state index < -0.39 is 23.5 Å². The Balaban J connectivity index is 1.38. The van der Waals surface area contributed by atoms with E-state index in [9.17, 15) is 22.4 Å². The van der Waals surface area contributed by atoms with Crippen LogP contribution in [0.4, 0.5) is 17.6 Å². The van der Waals surface area contributed by atoms with Crippen molar-refractivity contribution < 1.29 is 27.1 Å². The maximum absolute atomic E-state index is 15.0. The van der Waals surface area contributed by atoms with Crippen molar-refractivity contribution in [1.82, 2.24) is 0 Å². The molecule has 0 heterocycles. The van der Waals surface area contributed by atoms with Crippen LogP contribution in [-0.2, 0) is 6.18 Å². The summed E-state index contributed by atoms with van der Waals surface area (Å²) in [5.74, 6) is 1.19. The molecular formula is C27H30F4O2. The molecule has 0 aromatic heterocycles. The number of ether oxygens (including phenoxy) is 1. The zero-order chi connectivity index (χ0) is 23.6. The summed E-state index contributed by atoms with van der Waals surface area (Å²) in [4.78, 5) is 12.4. The molecule has 178 valence electrons. The fraction of sp³-hybridized carbons (Fsp3) is 0.519. The highest BCUT2D eigenvalue weighted by molar-refractivity contribution is 5.91. The second-order valence-corrected chi connectivity index (χ2v) is 9.65. The molecule has 0 N–H and O–H groups in total. The summed E-state index contributed by atoms with van der Waals surface area (Å²) < 4.78 is 58.1. The molecule has 4 rings (SSSR count). The molecule has 2 aromatic carbocycles. The molecule has 2 nitrogen and oxygen atoms in total. The van der Waals surface area contributed by atoms with Gasteiger partial charge in [-0.2, -0.15) is 13.2 Å². The monoisotopic (exact) mass is 462 g/mol. The van der Waals surface area contributed by atoms with Gasteiger partial charge in [0, 0.05) is 0 Å². The average Bonchev–Trinajstić information content (AvgIpc) is 2.78. The summed E-state index contributed by atoms with van der Waals surface area (Å²) in [6.45, 7) is 2.24. The highest BCUT2D eigenvalue weighted by Gasteiger charge is 2.36. The molecule has 2 saturated carbocycles. The summed E-state index contributed by atoms with van der Waals surface area (Å²) in [6, 6.07) is 8.27. The molecule has 6 heteroatoms. The number of hydrogen-bond acceptors (Lipinski definition) is 2. The standard InChI is InChI=1S/C27H30F4O2/c1-2-3-17-4-5-19-15-20(7-6-18(19)14-17)24-13-8-21(16-25(24)28)26(32)33-23-11-9-22(10-12-23)27(29,30)31/h8-13,16-20H,2-7,14-15H2,1H3. The molecule has 4 unspecified atom stereocenters. The minimum atomic E-state index is -4.46. The lowest BCUT2D eigenvalue weighted by atomic mass is 9.63. The van der Waals surface area contributed by atoms with Gasteiger partial charge < -0.3 is 4.74 Å². The van der Waals surface area contributed by atoms with Crippen molar-refractivity contribution in [1.29, 1.82) is 0 Å². The van der Waals surface area contributed by atoms with Crippen LogP contribution in [0.15, 0.2) is 42.5 Å². The highest BCUT2D eigenvalue weighted by Crippen LogP contribution is 2.48. The van der Waals surface area contributed by atoms with Gasteiger partial charge in [-0.15, -0.1) is 0 Å². The smallest absolute Gasteiger partial charge is 0.416 e. The first-order valence-electron chi connectivity index (χ1n) is 11.9. The lowest BCUT2D eigenvalue weighted by Gasteiger charge is -2.42. The van der Waals surface area contributed by atoms with Crippen LogP contribution < -0.4 is 4.74 Å². The van der Waals surface area contributed by atoms with Crippen molar-refractivity contribution in [2.45, 2.75) is 70.4 Å². The molecule has 2 aliphatic carbocycles. The first-order chi connectivity index (χ1) is 15.7. The van der Waals surface area contributed by atoms with Gasteiger partial charge in [0.25, 0.3) is 0 Å². The van der Waals surface area contributed by atoms with E-state index in [0.717, 1.165) is 55.4 Å². The Morgan fingerprint density at radius 3 is 2.33 bits per heavy atom. The lowest BCUT2D eigenvalue weighted by molar-refractivity contribution is -0.137. The minimum Gasteiger partial charge on any atom is -0.423 e. The van der Waals surface area contributed by atoms with Crippen molar-refractivity contribution in [2.24, 2.45) is 17.8 Å². The zero-order valence-electron chi connectivity index (χ0n) is 18.8. The number of halogens is 4. The van der Waals surface area contributed by atoms with Crippen LogP contribution in [0.3, 0.4) is 0 Å². The number of carbonyl (C=O) groups excluding carboxylic acids is 1. The summed E-state index contributed by atoms with van der Waals surface area (Å²) in [5, 5.41) is 0. The van der Waals surface area contributed by atoms with Gasteiger partial charge in [0.2, 0.25) is 0 Å². The lowest BCUT2D eigenvalue weighted by Crippen LogP contribution is -2.30. The molecule has 4 atom stereocenters. The normalized spacial score (nSPS) is 25.4. The van der Waals surface area contributed by atoms with E-state index in [-0.39, 0.29) is 17.2 Å². The van der Waals surface area contributed by atoms with Crippen molar-refractivity contribution >= 4 is 5.97 Å². The largest absolute Gasteiger partial charge is 0.423 e. The predicted octanol–water partition coefficient (Wildman–Crippen LogP) is 8.16. The van der Waals surface area contributed by atoms with Crippen molar-refractivity contribution in [2.75, 3.05) is 0 Å². The summed E-state index contributed by atoms with van der Waals surface area (Å²) in [6.07, 6.45) is 4.99. The first kappa shape index (κ1) is 23.8. The molecule has 2 aromatic rings. The molecule has 0 radical (unpaired) electrons. The Labute approximate surface area is 192 Å². The number of esters is 1. The molecule has 0 saturated heterocycles. The molecule has 0 amide bonds. The maximum Gasteiger partial charge on any atom is 0.416 e. The van der Waals surface area contributed by atoms with E-state index in [4.69, 9.17) is 4.74 Å². The molecule has 0 bridgehead atoms. The molecule has 0 aliphatic heterocycles. The summed E-state index contributed by atoms with van der Waals surface area (Å²) >= 11 is 0. The number of rotatable bonds is 5. The Hall–Kier alpha value is -2.37. The average molecular weight is 463 g/mol. The minimum absolute atomic E-state index is 0.0190. The molecule has 2 fully saturated rings. The predicted molar refractivity (Wildman–Crippen MR) is 119 cm³/mol. The molecular weight excluding hydrogens is 432 g/mol. The van der Waals surface area contributed by atoms with E-state index >= 15 is 0 Å². The molecule has 2 aliphatic rings. The van der Waals surface area contributed by atoms with E-state index in [0.29, 0.717) is 11.5 Å². The third kappa shape index (κ3) is 5.59. The van der Waals surface area contributed by atoms with Gasteiger partial charge in [0.05, 0.1) is 11.1 Å². The van der Waals surface area contributed by atoms with E-state index in [1.165, 1.54) is 38.2 Å². The summed E-state index contributed by atoms with van der Waals surface area (Å²) in [5.41, 5.74) is -0.133. The van der Waals surface area contributed by atoms with Crippen LogP contribution in [0.2, 0.25) is 0 Å². The number of hydrogen-bond donors (Lipinski definition) is 0. The van der Waals surface area contributed by atoms with E-state index in [2.05, 4.69) is 6.92 Å². The number of carbonyl (C=O) groups is 1. The number of alkyl halides is 3. The van der Waals surface area contributed by atoms with Gasteiger partial charge in [0.15, 0.2) is 0 Å². The van der Waals surface area contributed by atoms with Crippen molar-refractivity contribution in [3.8, 4) is 5.75 Å². The molecule has 0 spiro atoms. The second kappa shape index (κ2) is 9.86. The van der Waals surface area contributed by atoms with Crippen LogP contribution in [-0.4, -0.2) is 5.97 Å². The number of benzene rings is 2. The van der Waals surface area contributed by atoms with Crippen molar-refractivity contribution in [3.63, 3.8) is 0 Å². The third-order valence-corrected chi connectivity index (χ3v) is 7.49. The van der Waals surface area contributed by atoms with Crippen LogP contribution in [0.25, 0.3) is 0 Å². The Kier molecular flexibility index (Phi) is 7.10. The van der Waals surface area contributed by atoms with E-state index in [1.807, 2.05) is 0 Å². The van der Waals surface area contributed by atoms with Gasteiger partial charge in [-0.25, -0.2) is 9.18 Å². The second-order valence-electron chi connectivity index (χ2n) is 9.65. The van der Waals surface area contributed by atoms with Gasteiger partial charge in [-0.1, -0.05) is 32.3 Å². The van der Waals surface area contributed by atoms with Crippen LogP contribution in [0.1, 0.15) is 85.7 Å².